The maximum absolute atomic E-state index is 13.8. The summed E-state index contributed by atoms with van der Waals surface area (Å²) in [5, 5.41) is 12.5. The van der Waals surface area contributed by atoms with Gasteiger partial charge in [0.25, 0.3) is 10.9 Å². The normalized spacial score (nSPS) is 11.9. The topological polar surface area (TPSA) is 78.9 Å². The van der Waals surface area contributed by atoms with Crippen molar-refractivity contribution in [2.45, 2.75) is 12.8 Å². The quantitative estimate of drug-likeness (QED) is 0.359. The molecule has 4 aromatic carbocycles. The van der Waals surface area contributed by atoms with Crippen molar-refractivity contribution in [2.75, 3.05) is 23.9 Å². The van der Waals surface area contributed by atoms with Crippen LogP contribution in [0.3, 0.4) is 0 Å². The van der Waals surface area contributed by atoms with Crippen molar-refractivity contribution in [3.8, 4) is 11.5 Å². The molecule has 1 unspecified atom stereocenters. The van der Waals surface area contributed by atoms with Crippen LogP contribution in [0.2, 0.25) is 0 Å². The summed E-state index contributed by atoms with van der Waals surface area (Å²) in [6.07, 6.45) is 0. The van der Waals surface area contributed by atoms with E-state index in [0.717, 1.165) is 17.4 Å². The van der Waals surface area contributed by atoms with E-state index in [4.69, 9.17) is 4.74 Å². The molecule has 0 amide bonds. The van der Waals surface area contributed by atoms with Gasteiger partial charge in [0.15, 0.2) is 17.4 Å². The molecular weight excluding hydrogens is 442 g/mol. The number of anilines is 4. The number of aromatic hydroxyl groups is 1. The van der Waals surface area contributed by atoms with E-state index in [0.29, 0.717) is 23.5 Å². The summed E-state index contributed by atoms with van der Waals surface area (Å²) in [5.41, 5.74) is 0.861. The van der Waals surface area contributed by atoms with Crippen LogP contribution in [-0.4, -0.2) is 18.8 Å². The number of halogens is 2. The first kappa shape index (κ1) is 23.0. The van der Waals surface area contributed by atoms with E-state index in [1.807, 2.05) is 42.2 Å². The van der Waals surface area contributed by atoms with Gasteiger partial charge in [-0.3, -0.25) is 9.59 Å². The second-order valence-electron chi connectivity index (χ2n) is 7.94. The fraction of sp³-hybridized carbons (Fsp3) is 0.154. The van der Waals surface area contributed by atoms with Crippen LogP contribution < -0.4 is 25.8 Å². The van der Waals surface area contributed by atoms with Crippen molar-refractivity contribution in [1.82, 2.24) is 0 Å². The van der Waals surface area contributed by atoms with Crippen molar-refractivity contribution in [3.05, 3.63) is 104 Å². The molecule has 174 valence electrons. The minimum Gasteiger partial charge on any atom is -0.502 e. The summed E-state index contributed by atoms with van der Waals surface area (Å²) in [6, 6.07) is 18.3. The zero-order valence-electron chi connectivity index (χ0n) is 18.5. The third kappa shape index (κ3) is 4.47. The molecule has 0 aliphatic heterocycles. The Morgan fingerprint density at radius 3 is 2.32 bits per heavy atom. The number of hydrogen-bond donors (Lipinski definition) is 2. The number of nitrogens with one attached hydrogen (secondary N) is 1. The maximum atomic E-state index is 13.8. The predicted molar refractivity (Wildman–Crippen MR) is 128 cm³/mol. The molecule has 0 bridgehead atoms. The van der Waals surface area contributed by atoms with Crippen LogP contribution in [0.1, 0.15) is 18.4 Å². The molecule has 0 aromatic heterocycles. The van der Waals surface area contributed by atoms with Gasteiger partial charge in [0, 0.05) is 23.6 Å². The first-order chi connectivity index (χ1) is 16.3. The largest absolute Gasteiger partial charge is 0.502 e. The Labute approximate surface area is 194 Å². The Hall–Kier alpha value is -4.20. The van der Waals surface area contributed by atoms with E-state index in [2.05, 4.69) is 5.32 Å². The summed E-state index contributed by atoms with van der Waals surface area (Å²) in [6.45, 7) is 2.33. The van der Waals surface area contributed by atoms with Gasteiger partial charge in [0.1, 0.15) is 11.4 Å². The van der Waals surface area contributed by atoms with Crippen LogP contribution in [0.25, 0.3) is 0 Å². The lowest BCUT2D eigenvalue weighted by Gasteiger charge is -2.29. The van der Waals surface area contributed by atoms with Crippen LogP contribution >= 0.6 is 0 Å². The van der Waals surface area contributed by atoms with Gasteiger partial charge in [-0.2, -0.15) is 0 Å². The SMILES string of the molecule is COc1ccc(N(CC(C)c2ccc(F)c(F)c2)c2cccc(Nc3c(O)c(=O)c3=O)c2)cc1. The predicted octanol–water partition coefficient (Wildman–Crippen LogP) is 4.96. The molecule has 0 saturated carbocycles. The standard InChI is InChI=1S/C26H22F2N2O4/c1-15(16-6-11-21(27)22(28)12-16)14-30(18-7-9-20(34-2)10-8-18)19-5-3-4-17(13-19)29-23-24(31)26(33)25(23)32/h3-13,15,29,31H,14H2,1-2H3. The van der Waals surface area contributed by atoms with Crippen LogP contribution in [-0.2, 0) is 0 Å². The summed E-state index contributed by atoms with van der Waals surface area (Å²) in [5.74, 6) is -1.88. The first-order valence-electron chi connectivity index (χ1n) is 10.5. The Balaban J connectivity index is 1.68. The molecular formula is C26H22F2N2O4. The molecule has 0 aliphatic rings. The smallest absolute Gasteiger partial charge is 0.271 e. The van der Waals surface area contributed by atoms with E-state index >= 15 is 0 Å². The number of benzene rings is 3. The van der Waals surface area contributed by atoms with Crippen LogP contribution in [0.4, 0.5) is 31.5 Å². The van der Waals surface area contributed by atoms with Gasteiger partial charge in [0.2, 0.25) is 0 Å². The molecule has 0 fully saturated rings. The summed E-state index contributed by atoms with van der Waals surface area (Å²) < 4.78 is 32.5. The average molecular weight is 464 g/mol. The van der Waals surface area contributed by atoms with Crippen molar-refractivity contribution in [2.24, 2.45) is 0 Å². The molecule has 0 heterocycles. The lowest BCUT2D eigenvalue weighted by atomic mass is 9.99. The molecule has 34 heavy (non-hydrogen) atoms. The van der Waals surface area contributed by atoms with E-state index in [1.54, 1.807) is 31.4 Å². The highest BCUT2D eigenvalue weighted by Gasteiger charge is 2.21. The summed E-state index contributed by atoms with van der Waals surface area (Å²) in [4.78, 5) is 25.0. The van der Waals surface area contributed by atoms with Gasteiger partial charge in [-0.25, -0.2) is 8.78 Å². The number of hydrogen-bond acceptors (Lipinski definition) is 6. The molecule has 0 aliphatic carbocycles. The van der Waals surface area contributed by atoms with Gasteiger partial charge >= 0.3 is 0 Å². The molecule has 4 aromatic rings. The van der Waals surface area contributed by atoms with E-state index in [1.165, 1.54) is 6.07 Å². The van der Waals surface area contributed by atoms with E-state index < -0.39 is 28.2 Å². The van der Waals surface area contributed by atoms with Gasteiger partial charge in [-0.15, -0.1) is 0 Å². The highest BCUT2D eigenvalue weighted by atomic mass is 19.2. The summed E-state index contributed by atoms with van der Waals surface area (Å²) in [7, 11) is 1.57. The highest BCUT2D eigenvalue weighted by Crippen LogP contribution is 2.33. The van der Waals surface area contributed by atoms with Gasteiger partial charge < -0.3 is 20.1 Å². The molecule has 6 nitrogen and oxygen atoms in total. The fourth-order valence-electron chi connectivity index (χ4n) is 3.71. The second-order valence-corrected chi connectivity index (χ2v) is 7.94. The number of nitrogens with zero attached hydrogens (tertiary/aromatic N) is 1. The molecule has 2 N–H and O–H groups in total. The van der Waals surface area contributed by atoms with Crippen LogP contribution in [0.5, 0.6) is 11.5 Å². The van der Waals surface area contributed by atoms with Crippen molar-refractivity contribution in [1.29, 1.82) is 0 Å². The Morgan fingerprint density at radius 1 is 0.941 bits per heavy atom. The maximum Gasteiger partial charge on any atom is 0.271 e. The fourth-order valence-corrected chi connectivity index (χ4v) is 3.71. The molecule has 0 spiro atoms. The van der Waals surface area contributed by atoms with E-state index in [-0.39, 0.29) is 11.6 Å². The third-order valence-electron chi connectivity index (χ3n) is 5.67. The van der Waals surface area contributed by atoms with Gasteiger partial charge in [-0.1, -0.05) is 19.1 Å². The Kier molecular flexibility index (Phi) is 6.32. The number of ether oxygens (including phenoxy) is 1. The molecule has 0 radical (unpaired) electrons. The minimum absolute atomic E-state index is 0.145. The van der Waals surface area contributed by atoms with Crippen molar-refractivity contribution in [3.63, 3.8) is 0 Å². The van der Waals surface area contributed by atoms with Crippen LogP contribution in [0.15, 0.2) is 76.3 Å². The zero-order chi connectivity index (χ0) is 24.4. The molecule has 4 rings (SSSR count). The first-order valence-corrected chi connectivity index (χ1v) is 10.5. The summed E-state index contributed by atoms with van der Waals surface area (Å²) >= 11 is 0. The third-order valence-corrected chi connectivity index (χ3v) is 5.67. The number of methoxy groups -OCH3 is 1. The van der Waals surface area contributed by atoms with Crippen LogP contribution in [0, 0.1) is 11.6 Å². The van der Waals surface area contributed by atoms with Gasteiger partial charge in [-0.05, 0) is 66.1 Å². The number of rotatable bonds is 8. The molecule has 1 atom stereocenters. The minimum atomic E-state index is -0.918. The lowest BCUT2D eigenvalue weighted by molar-refractivity contribution is 0.415. The van der Waals surface area contributed by atoms with E-state index in [9.17, 15) is 23.5 Å². The molecule has 0 saturated heterocycles. The van der Waals surface area contributed by atoms with Crippen molar-refractivity contribution < 1.29 is 18.6 Å². The molecule has 8 heteroatoms. The Bertz CT molecular complexity index is 1400. The van der Waals surface area contributed by atoms with Gasteiger partial charge in [0.05, 0.1) is 7.11 Å². The highest BCUT2D eigenvalue weighted by molar-refractivity contribution is 5.74. The lowest BCUT2D eigenvalue weighted by Crippen LogP contribution is -2.32. The monoisotopic (exact) mass is 464 g/mol. The second kappa shape index (κ2) is 9.35. The zero-order valence-corrected chi connectivity index (χ0v) is 18.5. The average Bonchev–Trinajstić information content (AvgIpc) is 2.87. The van der Waals surface area contributed by atoms with Crippen molar-refractivity contribution >= 4 is 22.7 Å². The Morgan fingerprint density at radius 2 is 1.68 bits per heavy atom.